The van der Waals surface area contributed by atoms with Gasteiger partial charge in [-0.1, -0.05) is 6.07 Å². The lowest BCUT2D eigenvalue weighted by Gasteiger charge is -2.17. The largest absolute Gasteiger partial charge is 0.493 e. The second kappa shape index (κ2) is 6.98. The summed E-state index contributed by atoms with van der Waals surface area (Å²) in [6.45, 7) is 0. The number of cyclic esters (lactones) is 1. The molecule has 9 heteroatoms. The van der Waals surface area contributed by atoms with Gasteiger partial charge in [0.2, 0.25) is 0 Å². The van der Waals surface area contributed by atoms with Crippen molar-refractivity contribution in [3.8, 4) is 17.2 Å². The number of carbonyl (C=O) groups is 2. The molecule has 2 aromatic carbocycles. The SMILES string of the molecule is COc1cc(C(F)(F)F)ccc1Oc1ccc2c(c1)CC[C@H]2[C@@H]1OC(=O)NC1=O. The fourth-order valence-electron chi connectivity index (χ4n) is 3.69. The Kier molecular flexibility index (Phi) is 4.60. The van der Waals surface area contributed by atoms with E-state index < -0.39 is 29.8 Å². The summed E-state index contributed by atoms with van der Waals surface area (Å²) < 4.78 is 54.5. The highest BCUT2D eigenvalue weighted by atomic mass is 19.4. The van der Waals surface area contributed by atoms with Gasteiger partial charge in [-0.2, -0.15) is 13.2 Å². The lowest BCUT2D eigenvalue weighted by molar-refractivity contribution is -0.137. The lowest BCUT2D eigenvalue weighted by atomic mass is 9.95. The minimum absolute atomic E-state index is 0.0345. The minimum atomic E-state index is -4.48. The maximum Gasteiger partial charge on any atom is 0.416 e. The summed E-state index contributed by atoms with van der Waals surface area (Å²) in [5.41, 5.74) is 0.976. The summed E-state index contributed by atoms with van der Waals surface area (Å²) in [6.07, 6.45) is -4.80. The number of alkyl halides is 3. The van der Waals surface area contributed by atoms with Gasteiger partial charge in [0.1, 0.15) is 5.75 Å². The van der Waals surface area contributed by atoms with E-state index in [1.54, 1.807) is 18.2 Å². The van der Waals surface area contributed by atoms with E-state index in [2.05, 4.69) is 5.32 Å². The van der Waals surface area contributed by atoms with Gasteiger partial charge in [0.05, 0.1) is 12.7 Å². The molecular weight excluding hydrogens is 391 g/mol. The Hall–Kier alpha value is -3.23. The highest BCUT2D eigenvalue weighted by Gasteiger charge is 2.42. The first-order valence-corrected chi connectivity index (χ1v) is 8.83. The van der Waals surface area contributed by atoms with Gasteiger partial charge in [-0.3, -0.25) is 10.1 Å². The van der Waals surface area contributed by atoms with Crippen LogP contribution < -0.4 is 14.8 Å². The molecule has 4 rings (SSSR count). The van der Waals surface area contributed by atoms with E-state index in [9.17, 15) is 22.8 Å². The molecule has 2 atom stereocenters. The van der Waals surface area contributed by atoms with Crippen molar-refractivity contribution >= 4 is 12.0 Å². The quantitative estimate of drug-likeness (QED) is 0.824. The number of halogens is 3. The van der Waals surface area contributed by atoms with E-state index in [1.807, 2.05) is 0 Å². The van der Waals surface area contributed by atoms with Gasteiger partial charge in [0.15, 0.2) is 17.6 Å². The van der Waals surface area contributed by atoms with Crippen molar-refractivity contribution in [1.82, 2.24) is 5.32 Å². The van der Waals surface area contributed by atoms with E-state index in [0.29, 0.717) is 18.6 Å². The molecule has 0 unspecified atom stereocenters. The first-order valence-electron chi connectivity index (χ1n) is 8.83. The molecule has 0 spiro atoms. The summed E-state index contributed by atoms with van der Waals surface area (Å²) in [5.74, 6) is -0.157. The number of fused-ring (bicyclic) bond motifs is 1. The molecule has 2 aliphatic rings. The molecule has 1 saturated heterocycles. The van der Waals surface area contributed by atoms with Crippen LogP contribution in [0.15, 0.2) is 36.4 Å². The first kappa shape index (κ1) is 19.1. The Balaban J connectivity index is 1.56. The summed E-state index contributed by atoms with van der Waals surface area (Å²) in [5, 5.41) is 2.13. The zero-order chi connectivity index (χ0) is 20.8. The smallest absolute Gasteiger partial charge is 0.416 e. The second-order valence-electron chi connectivity index (χ2n) is 6.79. The number of hydrogen-bond acceptors (Lipinski definition) is 5. The minimum Gasteiger partial charge on any atom is -0.493 e. The molecule has 1 aliphatic heterocycles. The molecule has 0 radical (unpaired) electrons. The van der Waals surface area contributed by atoms with Crippen molar-refractivity contribution in [2.45, 2.75) is 31.0 Å². The van der Waals surface area contributed by atoms with Crippen molar-refractivity contribution in [3.05, 3.63) is 53.1 Å². The maximum absolute atomic E-state index is 12.9. The van der Waals surface area contributed by atoms with Crippen LogP contribution in [0.3, 0.4) is 0 Å². The Morgan fingerprint density at radius 3 is 2.55 bits per heavy atom. The fraction of sp³-hybridized carbons (Fsp3) is 0.300. The third-order valence-electron chi connectivity index (χ3n) is 5.04. The van der Waals surface area contributed by atoms with Crippen LogP contribution in [0.5, 0.6) is 17.2 Å². The van der Waals surface area contributed by atoms with E-state index >= 15 is 0 Å². The monoisotopic (exact) mass is 407 g/mol. The number of methoxy groups -OCH3 is 1. The van der Waals surface area contributed by atoms with Crippen LogP contribution in [0.4, 0.5) is 18.0 Å². The normalized spacial score (nSPS) is 20.8. The highest BCUT2D eigenvalue weighted by molar-refractivity contribution is 6.00. The van der Waals surface area contributed by atoms with Gasteiger partial charge in [-0.25, -0.2) is 4.79 Å². The van der Waals surface area contributed by atoms with Gasteiger partial charge in [-0.15, -0.1) is 0 Å². The molecule has 1 aliphatic carbocycles. The standard InChI is InChI=1S/C20H16F3NO5/c1-27-16-9-11(20(21,22)23)3-7-15(16)28-12-4-6-13-10(8-12)2-5-14(13)17-18(25)24-19(26)29-17/h3-4,6-9,14,17H,2,5H2,1H3,(H,24,25,26)/t14-,17+/m1/s1. The maximum atomic E-state index is 12.9. The molecular formula is C20H16F3NO5. The number of amides is 2. The van der Waals surface area contributed by atoms with Crippen LogP contribution in [-0.4, -0.2) is 25.2 Å². The molecule has 2 amide bonds. The molecule has 0 saturated carbocycles. The molecule has 29 heavy (non-hydrogen) atoms. The van der Waals surface area contributed by atoms with E-state index in [4.69, 9.17) is 14.2 Å². The number of rotatable bonds is 4. The average molecular weight is 407 g/mol. The molecule has 0 aromatic heterocycles. The van der Waals surface area contributed by atoms with Gasteiger partial charge in [0, 0.05) is 5.92 Å². The Morgan fingerprint density at radius 1 is 1.10 bits per heavy atom. The molecule has 1 N–H and O–H groups in total. The van der Waals surface area contributed by atoms with E-state index in [0.717, 1.165) is 23.3 Å². The van der Waals surface area contributed by atoms with E-state index in [-0.39, 0.29) is 17.4 Å². The Labute approximate surface area is 163 Å². The molecule has 152 valence electrons. The zero-order valence-electron chi connectivity index (χ0n) is 15.2. The number of aryl methyl sites for hydroxylation is 1. The van der Waals surface area contributed by atoms with Crippen LogP contribution in [0.2, 0.25) is 0 Å². The lowest BCUT2D eigenvalue weighted by Crippen LogP contribution is -2.28. The number of ether oxygens (including phenoxy) is 3. The number of imide groups is 1. The summed E-state index contributed by atoms with van der Waals surface area (Å²) in [4.78, 5) is 23.2. The van der Waals surface area contributed by atoms with Crippen molar-refractivity contribution in [2.24, 2.45) is 0 Å². The first-order chi connectivity index (χ1) is 13.8. The predicted molar refractivity (Wildman–Crippen MR) is 94.0 cm³/mol. The number of carbonyl (C=O) groups excluding carboxylic acids is 2. The molecule has 0 bridgehead atoms. The average Bonchev–Trinajstić information content (AvgIpc) is 3.22. The summed E-state index contributed by atoms with van der Waals surface area (Å²) in [6, 6.07) is 8.21. The van der Waals surface area contributed by atoms with Crippen LogP contribution >= 0.6 is 0 Å². The number of benzene rings is 2. The van der Waals surface area contributed by atoms with Crippen molar-refractivity contribution < 1.29 is 37.0 Å². The molecule has 2 aromatic rings. The summed E-state index contributed by atoms with van der Waals surface area (Å²) >= 11 is 0. The summed E-state index contributed by atoms with van der Waals surface area (Å²) in [7, 11) is 1.27. The number of hydrogen-bond donors (Lipinski definition) is 1. The fourth-order valence-corrected chi connectivity index (χ4v) is 3.69. The Bertz CT molecular complexity index is 989. The van der Waals surface area contributed by atoms with Crippen molar-refractivity contribution in [3.63, 3.8) is 0 Å². The topological polar surface area (TPSA) is 73.9 Å². The third-order valence-corrected chi connectivity index (χ3v) is 5.04. The molecule has 1 heterocycles. The van der Waals surface area contributed by atoms with E-state index in [1.165, 1.54) is 13.2 Å². The molecule has 1 fully saturated rings. The number of alkyl carbamates (subject to hydrolysis) is 1. The molecule has 6 nitrogen and oxygen atoms in total. The van der Waals surface area contributed by atoms with Crippen LogP contribution in [0.25, 0.3) is 0 Å². The van der Waals surface area contributed by atoms with Gasteiger partial charge in [-0.05, 0) is 54.3 Å². The van der Waals surface area contributed by atoms with Crippen molar-refractivity contribution in [1.29, 1.82) is 0 Å². The number of nitrogens with one attached hydrogen (secondary N) is 1. The zero-order valence-corrected chi connectivity index (χ0v) is 15.2. The van der Waals surface area contributed by atoms with Crippen LogP contribution in [0, 0.1) is 0 Å². The Morgan fingerprint density at radius 2 is 1.90 bits per heavy atom. The van der Waals surface area contributed by atoms with Crippen molar-refractivity contribution in [2.75, 3.05) is 7.11 Å². The van der Waals surface area contributed by atoms with Gasteiger partial charge in [0.25, 0.3) is 5.91 Å². The van der Waals surface area contributed by atoms with Crippen LogP contribution in [0.1, 0.15) is 29.0 Å². The highest BCUT2D eigenvalue weighted by Crippen LogP contribution is 2.42. The van der Waals surface area contributed by atoms with Gasteiger partial charge < -0.3 is 14.2 Å². The van der Waals surface area contributed by atoms with Crippen LogP contribution in [-0.2, 0) is 22.1 Å². The second-order valence-corrected chi connectivity index (χ2v) is 6.79. The predicted octanol–water partition coefficient (Wildman–Crippen LogP) is 4.17. The third kappa shape index (κ3) is 3.59. The van der Waals surface area contributed by atoms with Gasteiger partial charge >= 0.3 is 12.3 Å².